The van der Waals surface area contributed by atoms with E-state index < -0.39 is 11.6 Å². The molecular formula is C12H8O4. The van der Waals surface area contributed by atoms with Crippen LogP contribution in [-0.4, -0.2) is 5.97 Å². The minimum atomic E-state index is -0.674. The van der Waals surface area contributed by atoms with Gasteiger partial charge in [0.15, 0.2) is 0 Å². The summed E-state index contributed by atoms with van der Waals surface area (Å²) in [5.74, 6) is -0.699. The molecule has 0 radical (unpaired) electrons. The van der Waals surface area contributed by atoms with E-state index in [9.17, 15) is 9.59 Å². The van der Waals surface area contributed by atoms with Crippen molar-refractivity contribution in [2.24, 2.45) is 0 Å². The first-order valence-corrected chi connectivity index (χ1v) is 4.62. The molecule has 0 aliphatic heterocycles. The Hall–Kier alpha value is -2.36. The highest BCUT2D eigenvalue weighted by atomic mass is 16.5. The third-order valence-corrected chi connectivity index (χ3v) is 1.91. The largest absolute Gasteiger partial charge is 0.429 e. The molecule has 1 heterocycles. The topological polar surface area (TPSA) is 56.5 Å². The average molecular weight is 216 g/mol. The highest BCUT2D eigenvalue weighted by Gasteiger charge is 2.10. The summed E-state index contributed by atoms with van der Waals surface area (Å²) in [5, 5.41) is 0. The molecule has 0 aliphatic rings. The zero-order valence-corrected chi connectivity index (χ0v) is 8.25. The maximum atomic E-state index is 11.6. The summed E-state index contributed by atoms with van der Waals surface area (Å²) >= 11 is 0. The standard InChI is InChI=1S/C12H8O4/c13-11(9-5-2-1-3-6-9)16-10-7-4-8-15-12(10)14/h1-8H. The van der Waals surface area contributed by atoms with Crippen LogP contribution in [-0.2, 0) is 0 Å². The molecule has 4 nitrogen and oxygen atoms in total. The summed E-state index contributed by atoms with van der Waals surface area (Å²) in [5.41, 5.74) is -0.294. The van der Waals surface area contributed by atoms with E-state index in [4.69, 9.17) is 4.74 Å². The van der Waals surface area contributed by atoms with Gasteiger partial charge >= 0.3 is 11.6 Å². The normalized spacial score (nSPS) is 9.75. The van der Waals surface area contributed by atoms with Gasteiger partial charge in [0.25, 0.3) is 0 Å². The molecule has 80 valence electrons. The monoisotopic (exact) mass is 216 g/mol. The van der Waals surface area contributed by atoms with Crippen molar-refractivity contribution in [3.8, 4) is 5.75 Å². The second-order valence-electron chi connectivity index (χ2n) is 3.02. The molecule has 0 unspecified atom stereocenters. The van der Waals surface area contributed by atoms with Crippen molar-refractivity contribution in [2.75, 3.05) is 0 Å². The van der Waals surface area contributed by atoms with Crippen LogP contribution in [0.3, 0.4) is 0 Å². The maximum Gasteiger partial charge on any atom is 0.379 e. The fourth-order valence-corrected chi connectivity index (χ4v) is 1.16. The van der Waals surface area contributed by atoms with Crippen LogP contribution in [0.5, 0.6) is 5.75 Å². The van der Waals surface area contributed by atoms with E-state index in [-0.39, 0.29) is 5.75 Å². The third kappa shape index (κ3) is 2.17. The van der Waals surface area contributed by atoms with Gasteiger partial charge in [0.1, 0.15) is 0 Å². The lowest BCUT2D eigenvalue weighted by atomic mass is 10.2. The molecule has 0 amide bonds. The molecule has 4 heteroatoms. The minimum Gasteiger partial charge on any atom is -0.429 e. The minimum absolute atomic E-state index is 0.114. The maximum absolute atomic E-state index is 11.6. The van der Waals surface area contributed by atoms with Gasteiger partial charge < -0.3 is 9.15 Å². The lowest BCUT2D eigenvalue weighted by molar-refractivity contribution is 0.0728. The van der Waals surface area contributed by atoms with E-state index in [1.165, 1.54) is 18.4 Å². The van der Waals surface area contributed by atoms with Crippen molar-refractivity contribution in [3.63, 3.8) is 0 Å². The number of ether oxygens (including phenoxy) is 1. The van der Waals surface area contributed by atoms with Crippen LogP contribution in [0.25, 0.3) is 0 Å². The highest BCUT2D eigenvalue weighted by molar-refractivity contribution is 5.90. The second-order valence-corrected chi connectivity index (χ2v) is 3.02. The highest BCUT2D eigenvalue weighted by Crippen LogP contribution is 2.06. The Morgan fingerprint density at radius 2 is 1.81 bits per heavy atom. The van der Waals surface area contributed by atoms with E-state index in [1.807, 2.05) is 0 Å². The molecule has 0 saturated carbocycles. The first-order chi connectivity index (χ1) is 7.77. The van der Waals surface area contributed by atoms with E-state index >= 15 is 0 Å². The SMILES string of the molecule is O=C(Oc1cccoc1=O)c1ccccc1. The van der Waals surface area contributed by atoms with E-state index in [0.717, 1.165) is 0 Å². The van der Waals surface area contributed by atoms with Gasteiger partial charge in [0.2, 0.25) is 5.75 Å². The van der Waals surface area contributed by atoms with E-state index in [2.05, 4.69) is 4.42 Å². The molecular weight excluding hydrogens is 208 g/mol. The lowest BCUT2D eigenvalue weighted by Crippen LogP contribution is -2.13. The molecule has 0 aliphatic carbocycles. The van der Waals surface area contributed by atoms with Crippen LogP contribution in [0, 0.1) is 0 Å². The Morgan fingerprint density at radius 3 is 2.50 bits per heavy atom. The van der Waals surface area contributed by atoms with Gasteiger partial charge in [-0.2, -0.15) is 0 Å². The van der Waals surface area contributed by atoms with Gasteiger partial charge in [-0.05, 0) is 24.3 Å². The van der Waals surface area contributed by atoms with Gasteiger partial charge in [0.05, 0.1) is 11.8 Å². The predicted octanol–water partition coefficient (Wildman–Crippen LogP) is 1.86. The van der Waals surface area contributed by atoms with Crippen molar-refractivity contribution in [1.82, 2.24) is 0 Å². The molecule has 0 fully saturated rings. The first-order valence-electron chi connectivity index (χ1n) is 4.62. The fraction of sp³-hybridized carbons (Fsp3) is 0. The fourth-order valence-electron chi connectivity index (χ4n) is 1.16. The van der Waals surface area contributed by atoms with Crippen LogP contribution >= 0.6 is 0 Å². The van der Waals surface area contributed by atoms with Crippen LogP contribution in [0.15, 0.2) is 57.9 Å². The summed E-state index contributed by atoms with van der Waals surface area (Å²) in [6.45, 7) is 0. The van der Waals surface area contributed by atoms with Crippen molar-refractivity contribution in [3.05, 3.63) is 64.7 Å². The van der Waals surface area contributed by atoms with Gasteiger partial charge in [-0.1, -0.05) is 18.2 Å². The molecule has 0 bridgehead atoms. The summed E-state index contributed by atoms with van der Waals surface area (Å²) in [4.78, 5) is 22.7. The molecule has 0 spiro atoms. The molecule has 2 rings (SSSR count). The zero-order valence-electron chi connectivity index (χ0n) is 8.25. The molecule has 0 atom stereocenters. The van der Waals surface area contributed by atoms with Gasteiger partial charge in [0, 0.05) is 0 Å². The number of esters is 1. The Labute approximate surface area is 91.1 Å². The quantitative estimate of drug-likeness (QED) is 0.719. The summed E-state index contributed by atoms with van der Waals surface area (Å²) in [6, 6.07) is 11.3. The van der Waals surface area contributed by atoms with Crippen LogP contribution in [0.2, 0.25) is 0 Å². The molecule has 16 heavy (non-hydrogen) atoms. The average Bonchev–Trinajstić information content (AvgIpc) is 2.33. The molecule has 2 aromatic rings. The number of hydrogen-bond donors (Lipinski definition) is 0. The summed E-state index contributed by atoms with van der Waals surface area (Å²) in [6.07, 6.45) is 1.22. The van der Waals surface area contributed by atoms with E-state index in [0.29, 0.717) is 5.56 Å². The van der Waals surface area contributed by atoms with Gasteiger partial charge in [-0.15, -0.1) is 0 Å². The molecule has 1 aromatic carbocycles. The van der Waals surface area contributed by atoms with Crippen LogP contribution < -0.4 is 10.4 Å². The zero-order chi connectivity index (χ0) is 11.4. The van der Waals surface area contributed by atoms with Crippen molar-refractivity contribution in [1.29, 1.82) is 0 Å². The molecule has 0 N–H and O–H groups in total. The number of carbonyl (C=O) groups excluding carboxylic acids is 1. The third-order valence-electron chi connectivity index (χ3n) is 1.91. The summed E-state index contributed by atoms with van der Waals surface area (Å²) in [7, 11) is 0. The Morgan fingerprint density at radius 1 is 1.06 bits per heavy atom. The van der Waals surface area contributed by atoms with Gasteiger partial charge in [-0.3, -0.25) is 0 Å². The van der Waals surface area contributed by atoms with Crippen LogP contribution in [0.1, 0.15) is 10.4 Å². The summed E-state index contributed by atoms with van der Waals surface area (Å²) < 4.78 is 9.45. The molecule has 1 aromatic heterocycles. The van der Waals surface area contributed by atoms with Crippen molar-refractivity contribution < 1.29 is 13.9 Å². The second kappa shape index (κ2) is 4.44. The Kier molecular flexibility index (Phi) is 2.82. The van der Waals surface area contributed by atoms with Crippen molar-refractivity contribution >= 4 is 5.97 Å². The number of benzene rings is 1. The smallest absolute Gasteiger partial charge is 0.379 e. The van der Waals surface area contributed by atoms with Crippen molar-refractivity contribution in [2.45, 2.75) is 0 Å². The Bertz CT molecular complexity index is 542. The Balaban J connectivity index is 2.21. The molecule has 0 saturated heterocycles. The lowest BCUT2D eigenvalue weighted by Gasteiger charge is -2.01. The van der Waals surface area contributed by atoms with Crippen LogP contribution in [0.4, 0.5) is 0 Å². The number of hydrogen-bond acceptors (Lipinski definition) is 4. The van der Waals surface area contributed by atoms with Gasteiger partial charge in [-0.25, -0.2) is 9.59 Å². The predicted molar refractivity (Wildman–Crippen MR) is 56.4 cm³/mol. The number of rotatable bonds is 2. The first kappa shape index (κ1) is 10.2. The number of carbonyl (C=O) groups is 1. The van der Waals surface area contributed by atoms with E-state index in [1.54, 1.807) is 30.3 Å².